The van der Waals surface area contributed by atoms with Crippen molar-refractivity contribution in [3.63, 3.8) is 0 Å². The largest absolute Gasteiger partial charge is 0.209 e. The molecule has 2 rings (SSSR count). The van der Waals surface area contributed by atoms with Crippen molar-refractivity contribution >= 4 is 5.83 Å². The van der Waals surface area contributed by atoms with E-state index in [-0.39, 0.29) is 6.42 Å². The van der Waals surface area contributed by atoms with Gasteiger partial charge in [-0.15, -0.1) is 0 Å². The van der Waals surface area contributed by atoms with E-state index in [0.29, 0.717) is 12.0 Å². The summed E-state index contributed by atoms with van der Waals surface area (Å²) in [7, 11) is 0. The third-order valence-corrected chi connectivity index (χ3v) is 3.95. The predicted molar refractivity (Wildman–Crippen MR) is 94.5 cm³/mol. The van der Waals surface area contributed by atoms with Crippen molar-refractivity contribution < 1.29 is 8.78 Å². The van der Waals surface area contributed by atoms with Gasteiger partial charge in [-0.05, 0) is 29.5 Å². The van der Waals surface area contributed by atoms with Gasteiger partial charge < -0.3 is 0 Å². The van der Waals surface area contributed by atoms with Gasteiger partial charge in [-0.1, -0.05) is 75.2 Å². The lowest BCUT2D eigenvalue weighted by Gasteiger charge is -2.06. The third kappa shape index (κ3) is 4.75. The van der Waals surface area contributed by atoms with E-state index in [4.69, 9.17) is 0 Å². The summed E-state index contributed by atoms with van der Waals surface area (Å²) in [6, 6.07) is 15.4. The first kappa shape index (κ1) is 17.4. The summed E-state index contributed by atoms with van der Waals surface area (Å²) in [6.07, 6.45) is 3.90. The predicted octanol–water partition coefficient (Wildman–Crippen LogP) is 7.10. The molecule has 0 heterocycles. The van der Waals surface area contributed by atoms with Gasteiger partial charge in [-0.25, -0.2) is 8.78 Å². The minimum absolute atomic E-state index is 0.170. The number of benzene rings is 2. The summed E-state index contributed by atoms with van der Waals surface area (Å²) in [5.41, 5.74) is 3.73. The SMILES string of the molecule is CCCC/C(F)=C(/F)c1ccc(-c2ccc(CCC)cc2)cc1. The van der Waals surface area contributed by atoms with Crippen LogP contribution in [0.3, 0.4) is 0 Å². The van der Waals surface area contributed by atoms with Crippen LogP contribution < -0.4 is 0 Å². The molecule has 0 saturated carbocycles. The van der Waals surface area contributed by atoms with E-state index in [1.54, 1.807) is 12.1 Å². The van der Waals surface area contributed by atoms with Gasteiger partial charge in [-0.3, -0.25) is 0 Å². The van der Waals surface area contributed by atoms with E-state index in [0.717, 1.165) is 30.4 Å². The molecule has 0 aliphatic rings. The summed E-state index contributed by atoms with van der Waals surface area (Å²) in [5.74, 6) is -1.38. The zero-order valence-corrected chi connectivity index (χ0v) is 13.9. The second-order valence-electron chi connectivity index (χ2n) is 5.85. The van der Waals surface area contributed by atoms with Gasteiger partial charge in [0.1, 0.15) is 5.83 Å². The van der Waals surface area contributed by atoms with Gasteiger partial charge >= 0.3 is 0 Å². The molecule has 2 aromatic carbocycles. The van der Waals surface area contributed by atoms with E-state index >= 15 is 0 Å². The lowest BCUT2D eigenvalue weighted by atomic mass is 10.0. The number of unbranched alkanes of at least 4 members (excludes halogenated alkanes) is 1. The molecule has 2 aromatic rings. The molecule has 0 spiro atoms. The molecule has 0 saturated heterocycles. The van der Waals surface area contributed by atoms with E-state index in [1.165, 1.54) is 5.56 Å². The first-order valence-electron chi connectivity index (χ1n) is 8.39. The molecule has 0 aliphatic heterocycles. The molecular weight excluding hydrogens is 290 g/mol. The van der Waals surface area contributed by atoms with E-state index in [1.807, 2.05) is 19.1 Å². The monoisotopic (exact) mass is 314 g/mol. The van der Waals surface area contributed by atoms with Crippen LogP contribution in [0.2, 0.25) is 0 Å². The summed E-state index contributed by atoms with van der Waals surface area (Å²) in [5, 5.41) is 0. The fraction of sp³-hybridized carbons (Fsp3) is 0.333. The van der Waals surface area contributed by atoms with Gasteiger partial charge in [0.15, 0.2) is 5.83 Å². The summed E-state index contributed by atoms with van der Waals surface area (Å²) in [4.78, 5) is 0. The number of allylic oxidation sites excluding steroid dienone is 1. The highest BCUT2D eigenvalue weighted by Gasteiger charge is 2.09. The standard InChI is InChI=1S/C21H24F2/c1-3-5-7-20(22)21(23)19-14-12-18(13-15-19)17-10-8-16(6-4-2)9-11-17/h8-15H,3-7H2,1-2H3/b21-20-. The van der Waals surface area contributed by atoms with Crippen molar-refractivity contribution in [1.29, 1.82) is 0 Å². The fourth-order valence-electron chi connectivity index (χ4n) is 2.56. The van der Waals surface area contributed by atoms with Gasteiger partial charge in [0.2, 0.25) is 0 Å². The highest BCUT2D eigenvalue weighted by atomic mass is 19.2. The number of hydrogen-bond donors (Lipinski definition) is 0. The van der Waals surface area contributed by atoms with E-state index in [9.17, 15) is 8.78 Å². The summed E-state index contributed by atoms with van der Waals surface area (Å²) in [6.45, 7) is 4.13. The van der Waals surface area contributed by atoms with Crippen LogP contribution in [-0.4, -0.2) is 0 Å². The molecule has 2 heteroatoms. The van der Waals surface area contributed by atoms with Crippen LogP contribution in [0.4, 0.5) is 8.78 Å². The second-order valence-corrected chi connectivity index (χ2v) is 5.85. The maximum Gasteiger partial charge on any atom is 0.161 e. The number of rotatable bonds is 7. The van der Waals surface area contributed by atoms with Crippen molar-refractivity contribution in [2.75, 3.05) is 0 Å². The lowest BCUT2D eigenvalue weighted by molar-refractivity contribution is 0.548. The van der Waals surface area contributed by atoms with Crippen molar-refractivity contribution in [1.82, 2.24) is 0 Å². The number of aryl methyl sites for hydroxylation is 1. The Kier molecular flexibility index (Phi) is 6.52. The van der Waals surface area contributed by atoms with Gasteiger partial charge in [0, 0.05) is 12.0 Å². The molecule has 0 unspecified atom stereocenters. The van der Waals surface area contributed by atoms with Crippen molar-refractivity contribution in [2.24, 2.45) is 0 Å². The zero-order valence-electron chi connectivity index (χ0n) is 13.9. The molecule has 0 bridgehead atoms. The molecule has 0 aromatic heterocycles. The lowest BCUT2D eigenvalue weighted by Crippen LogP contribution is -1.86. The van der Waals surface area contributed by atoms with Crippen molar-refractivity contribution in [3.8, 4) is 11.1 Å². The maximum absolute atomic E-state index is 14.0. The molecule has 23 heavy (non-hydrogen) atoms. The van der Waals surface area contributed by atoms with E-state index in [2.05, 4.69) is 31.2 Å². The minimum atomic E-state index is -0.733. The maximum atomic E-state index is 14.0. The van der Waals surface area contributed by atoms with Crippen LogP contribution >= 0.6 is 0 Å². The molecular formula is C21H24F2. The van der Waals surface area contributed by atoms with Crippen LogP contribution in [0.5, 0.6) is 0 Å². The van der Waals surface area contributed by atoms with Gasteiger partial charge in [0.25, 0.3) is 0 Å². The van der Waals surface area contributed by atoms with Gasteiger partial charge in [0.05, 0.1) is 0 Å². The Hall–Kier alpha value is -1.96. The number of halogens is 2. The highest BCUT2D eigenvalue weighted by Crippen LogP contribution is 2.27. The van der Waals surface area contributed by atoms with Crippen LogP contribution in [0.25, 0.3) is 17.0 Å². The zero-order chi connectivity index (χ0) is 16.7. The molecule has 0 aliphatic carbocycles. The third-order valence-electron chi connectivity index (χ3n) is 3.95. The Morgan fingerprint density at radius 1 is 0.783 bits per heavy atom. The summed E-state index contributed by atoms with van der Waals surface area (Å²) >= 11 is 0. The van der Waals surface area contributed by atoms with Crippen LogP contribution in [0.1, 0.15) is 50.7 Å². The Balaban J connectivity index is 2.15. The van der Waals surface area contributed by atoms with Crippen LogP contribution in [0.15, 0.2) is 54.4 Å². The van der Waals surface area contributed by atoms with E-state index < -0.39 is 11.7 Å². The minimum Gasteiger partial charge on any atom is -0.209 e. The fourth-order valence-corrected chi connectivity index (χ4v) is 2.56. The van der Waals surface area contributed by atoms with Crippen molar-refractivity contribution in [3.05, 3.63) is 65.5 Å². The first-order valence-corrected chi connectivity index (χ1v) is 8.39. The summed E-state index contributed by atoms with van der Waals surface area (Å²) < 4.78 is 27.7. The van der Waals surface area contributed by atoms with Crippen LogP contribution in [-0.2, 0) is 6.42 Å². The Bertz CT molecular complexity index is 637. The molecule has 0 nitrogen and oxygen atoms in total. The van der Waals surface area contributed by atoms with Gasteiger partial charge in [-0.2, -0.15) is 0 Å². The molecule has 0 amide bonds. The van der Waals surface area contributed by atoms with Crippen molar-refractivity contribution in [2.45, 2.75) is 46.0 Å². The first-order chi connectivity index (χ1) is 11.2. The highest BCUT2D eigenvalue weighted by molar-refractivity contribution is 5.68. The van der Waals surface area contributed by atoms with Crippen LogP contribution in [0, 0.1) is 0 Å². The Morgan fingerprint density at radius 2 is 1.35 bits per heavy atom. The topological polar surface area (TPSA) is 0 Å². The Morgan fingerprint density at radius 3 is 1.87 bits per heavy atom. The molecule has 0 atom stereocenters. The normalized spacial score (nSPS) is 12.2. The average molecular weight is 314 g/mol. The second kappa shape index (κ2) is 8.61. The smallest absolute Gasteiger partial charge is 0.161 e. The average Bonchev–Trinajstić information content (AvgIpc) is 2.60. The Labute approximate surface area is 137 Å². The molecule has 0 fully saturated rings. The molecule has 0 radical (unpaired) electrons. The quantitative estimate of drug-likeness (QED) is 0.511. The molecule has 122 valence electrons. The number of hydrogen-bond acceptors (Lipinski definition) is 0. The molecule has 0 N–H and O–H groups in total.